The van der Waals surface area contributed by atoms with Gasteiger partial charge in [-0.25, -0.2) is 4.99 Å². The summed E-state index contributed by atoms with van der Waals surface area (Å²) in [5, 5.41) is 8.51. The lowest BCUT2D eigenvalue weighted by Crippen LogP contribution is -2.20. The van der Waals surface area contributed by atoms with Crippen molar-refractivity contribution in [2.24, 2.45) is 16.8 Å². The Morgan fingerprint density at radius 2 is 2.15 bits per heavy atom. The summed E-state index contributed by atoms with van der Waals surface area (Å²) >= 11 is 0. The molecular formula is C19H25N7. The van der Waals surface area contributed by atoms with E-state index in [1.54, 1.807) is 6.20 Å². The lowest BCUT2D eigenvalue weighted by molar-refractivity contribution is 0.270. The second kappa shape index (κ2) is 6.90. The summed E-state index contributed by atoms with van der Waals surface area (Å²) in [7, 11) is 0. The molecule has 2 N–H and O–H groups in total. The molecule has 0 amide bonds. The van der Waals surface area contributed by atoms with Crippen LogP contribution < -0.4 is 5.32 Å². The molecule has 0 saturated heterocycles. The molecule has 136 valence electrons. The molecule has 1 atom stereocenters. The van der Waals surface area contributed by atoms with Gasteiger partial charge in [-0.1, -0.05) is 13.3 Å². The van der Waals surface area contributed by atoms with Crippen LogP contribution in [-0.4, -0.2) is 30.9 Å². The number of nitrogens with zero attached hydrogens (tertiary/aromatic N) is 5. The van der Waals surface area contributed by atoms with Gasteiger partial charge in [0.05, 0.1) is 17.3 Å². The van der Waals surface area contributed by atoms with Crippen LogP contribution in [0.25, 0.3) is 11.0 Å². The number of aromatic amines is 1. The minimum Gasteiger partial charge on any atom is -0.346 e. The summed E-state index contributed by atoms with van der Waals surface area (Å²) in [6, 6.07) is 2.28. The van der Waals surface area contributed by atoms with Gasteiger partial charge >= 0.3 is 0 Å². The third-order valence-corrected chi connectivity index (χ3v) is 5.11. The second-order valence-corrected chi connectivity index (χ2v) is 7.37. The number of rotatable bonds is 6. The average Bonchev–Trinajstić information content (AvgIpc) is 3.20. The summed E-state index contributed by atoms with van der Waals surface area (Å²) < 4.78 is 1.90. The molecule has 1 unspecified atom stereocenters. The van der Waals surface area contributed by atoms with Crippen molar-refractivity contribution in [3.63, 3.8) is 0 Å². The molecule has 0 radical (unpaired) electrons. The van der Waals surface area contributed by atoms with Crippen LogP contribution in [0.15, 0.2) is 29.6 Å². The molecule has 0 aliphatic heterocycles. The van der Waals surface area contributed by atoms with Gasteiger partial charge in [-0.3, -0.25) is 4.68 Å². The van der Waals surface area contributed by atoms with Gasteiger partial charge in [0, 0.05) is 24.7 Å². The number of anilines is 2. The zero-order valence-corrected chi connectivity index (χ0v) is 15.5. The van der Waals surface area contributed by atoms with Gasteiger partial charge < -0.3 is 10.3 Å². The fraction of sp³-hybridized carbons (Fsp3) is 0.474. The quantitative estimate of drug-likeness (QED) is 0.635. The predicted molar refractivity (Wildman–Crippen MR) is 104 cm³/mol. The van der Waals surface area contributed by atoms with Crippen molar-refractivity contribution >= 4 is 34.7 Å². The largest absolute Gasteiger partial charge is 0.346 e. The van der Waals surface area contributed by atoms with Crippen LogP contribution in [0.1, 0.15) is 46.1 Å². The van der Waals surface area contributed by atoms with Crippen molar-refractivity contribution in [3.8, 4) is 0 Å². The van der Waals surface area contributed by atoms with Gasteiger partial charge in [0.1, 0.15) is 5.65 Å². The van der Waals surface area contributed by atoms with Crippen molar-refractivity contribution in [1.29, 1.82) is 0 Å². The first-order valence-electron chi connectivity index (χ1n) is 9.30. The van der Waals surface area contributed by atoms with Crippen LogP contribution >= 0.6 is 0 Å². The Bertz CT molecular complexity index is 917. The lowest BCUT2D eigenvalue weighted by Gasteiger charge is -2.28. The summed E-state index contributed by atoms with van der Waals surface area (Å²) in [4.78, 5) is 17.0. The number of hydrogen-bond acceptors (Lipinski definition) is 5. The highest BCUT2D eigenvalue weighted by molar-refractivity contribution is 5.88. The predicted octanol–water partition coefficient (Wildman–Crippen LogP) is 4.62. The average molecular weight is 351 g/mol. The van der Waals surface area contributed by atoms with E-state index in [0.717, 1.165) is 22.6 Å². The molecule has 1 aliphatic carbocycles. The smallest absolute Gasteiger partial charge is 0.231 e. The van der Waals surface area contributed by atoms with Crippen LogP contribution in [0.5, 0.6) is 0 Å². The van der Waals surface area contributed by atoms with Gasteiger partial charge in [-0.05, 0) is 44.6 Å². The molecule has 0 aromatic carbocycles. The van der Waals surface area contributed by atoms with Crippen LogP contribution in [0.3, 0.4) is 0 Å². The third-order valence-electron chi connectivity index (χ3n) is 5.11. The maximum atomic E-state index is 4.69. The molecule has 26 heavy (non-hydrogen) atoms. The van der Waals surface area contributed by atoms with E-state index in [2.05, 4.69) is 51.1 Å². The van der Waals surface area contributed by atoms with Crippen molar-refractivity contribution < 1.29 is 0 Å². The van der Waals surface area contributed by atoms with Gasteiger partial charge in [0.2, 0.25) is 5.95 Å². The summed E-state index contributed by atoms with van der Waals surface area (Å²) in [5.74, 6) is 2.46. The van der Waals surface area contributed by atoms with E-state index in [9.17, 15) is 0 Å². The Kier molecular flexibility index (Phi) is 4.44. The number of H-pyrrole nitrogens is 1. The summed E-state index contributed by atoms with van der Waals surface area (Å²) in [6.45, 7) is 6.42. The summed E-state index contributed by atoms with van der Waals surface area (Å²) in [5.41, 5.74) is 1.64. The standard InChI is InChI=1S/C19H25N7/c1-12(2)26-11-15(10-22-26)23-19-24-17-16(7-8-20-17)18(25-19)21-9-13(3)14-5-4-6-14/h7-14H,4-6H2,1-3H3,(H2,20,23,24,25). The molecule has 1 fully saturated rings. The highest BCUT2D eigenvalue weighted by Crippen LogP contribution is 2.33. The van der Waals surface area contributed by atoms with E-state index in [4.69, 9.17) is 0 Å². The van der Waals surface area contributed by atoms with Crippen LogP contribution in [0, 0.1) is 11.8 Å². The zero-order chi connectivity index (χ0) is 18.1. The Labute approximate surface area is 153 Å². The first-order chi connectivity index (χ1) is 12.6. The lowest BCUT2D eigenvalue weighted by atomic mass is 9.77. The van der Waals surface area contributed by atoms with E-state index in [0.29, 0.717) is 23.7 Å². The van der Waals surface area contributed by atoms with Gasteiger partial charge in [0.25, 0.3) is 0 Å². The first kappa shape index (κ1) is 16.8. The number of aliphatic imine (C=N–C) groups is 1. The Morgan fingerprint density at radius 1 is 1.31 bits per heavy atom. The maximum Gasteiger partial charge on any atom is 0.231 e. The Hall–Kier alpha value is -2.70. The van der Waals surface area contributed by atoms with Crippen molar-refractivity contribution in [2.75, 3.05) is 5.32 Å². The van der Waals surface area contributed by atoms with E-state index in [-0.39, 0.29) is 0 Å². The fourth-order valence-electron chi connectivity index (χ4n) is 3.17. The molecule has 3 aromatic rings. The molecule has 0 spiro atoms. The van der Waals surface area contributed by atoms with E-state index >= 15 is 0 Å². The zero-order valence-electron chi connectivity index (χ0n) is 15.5. The Morgan fingerprint density at radius 3 is 2.85 bits per heavy atom. The van der Waals surface area contributed by atoms with Crippen molar-refractivity contribution in [3.05, 3.63) is 24.7 Å². The molecule has 1 saturated carbocycles. The molecule has 3 aromatic heterocycles. The van der Waals surface area contributed by atoms with Crippen LogP contribution in [0.4, 0.5) is 17.5 Å². The molecule has 4 rings (SSSR count). The maximum absolute atomic E-state index is 4.69. The topological polar surface area (TPSA) is 83.8 Å². The molecule has 7 heteroatoms. The normalized spacial score (nSPS) is 16.5. The van der Waals surface area contributed by atoms with Gasteiger partial charge in [-0.2, -0.15) is 15.1 Å². The third kappa shape index (κ3) is 3.34. The van der Waals surface area contributed by atoms with E-state index in [1.807, 2.05) is 29.4 Å². The molecule has 3 heterocycles. The van der Waals surface area contributed by atoms with Crippen LogP contribution in [0.2, 0.25) is 0 Å². The van der Waals surface area contributed by atoms with E-state index < -0.39 is 0 Å². The number of aromatic nitrogens is 5. The SMILES string of the molecule is CC(C=Nc1nc(Nc2cnn(C(C)C)c2)nc2[nH]ccc12)C1CCC1. The summed E-state index contributed by atoms with van der Waals surface area (Å²) in [6.07, 6.45) is 11.6. The first-order valence-corrected chi connectivity index (χ1v) is 9.30. The second-order valence-electron chi connectivity index (χ2n) is 7.37. The van der Waals surface area contributed by atoms with E-state index in [1.165, 1.54) is 19.3 Å². The van der Waals surface area contributed by atoms with Crippen molar-refractivity contribution in [2.45, 2.75) is 46.1 Å². The molecule has 7 nitrogen and oxygen atoms in total. The Balaban J connectivity index is 1.60. The van der Waals surface area contributed by atoms with Gasteiger partial charge in [0.15, 0.2) is 5.82 Å². The van der Waals surface area contributed by atoms with Crippen LogP contribution in [-0.2, 0) is 0 Å². The fourth-order valence-corrected chi connectivity index (χ4v) is 3.17. The number of fused-ring (bicyclic) bond motifs is 1. The molecule has 0 bridgehead atoms. The minimum absolute atomic E-state index is 0.311. The minimum atomic E-state index is 0.311. The molecule has 1 aliphatic rings. The monoisotopic (exact) mass is 351 g/mol. The number of nitrogens with one attached hydrogen (secondary N) is 2. The molecular weight excluding hydrogens is 326 g/mol. The van der Waals surface area contributed by atoms with Gasteiger partial charge in [-0.15, -0.1) is 0 Å². The van der Waals surface area contributed by atoms with Crippen molar-refractivity contribution in [1.82, 2.24) is 24.7 Å². The number of hydrogen-bond donors (Lipinski definition) is 2. The highest BCUT2D eigenvalue weighted by atomic mass is 15.3. The highest BCUT2D eigenvalue weighted by Gasteiger charge is 2.22.